The number of rotatable bonds is 6. The smallest absolute Gasteiger partial charge is 0.322 e. The maximum Gasteiger partial charge on any atom is 0.322 e. The third kappa shape index (κ3) is 6.40. The van der Waals surface area contributed by atoms with E-state index < -0.39 is 66.0 Å². The fourth-order valence-electron chi connectivity index (χ4n) is 3.78. The molecule has 0 fully saturated rings. The van der Waals surface area contributed by atoms with Gasteiger partial charge in [-0.3, -0.25) is 19.2 Å². The number of hydrogen-bond acceptors (Lipinski definition) is 8. The lowest BCUT2D eigenvalue weighted by molar-refractivity contribution is -0.141. The summed E-state index contributed by atoms with van der Waals surface area (Å²) < 4.78 is 6.05. The van der Waals surface area contributed by atoms with Crippen molar-refractivity contribution in [3.63, 3.8) is 0 Å². The highest BCUT2D eigenvalue weighted by molar-refractivity contribution is 5.94. The van der Waals surface area contributed by atoms with E-state index in [9.17, 15) is 29.4 Å². The summed E-state index contributed by atoms with van der Waals surface area (Å²) in [6, 6.07) is 0.425. The summed E-state index contributed by atoms with van der Waals surface area (Å²) in [6.45, 7) is 5.93. The zero-order valence-electron chi connectivity index (χ0n) is 20.4. The predicted octanol–water partition coefficient (Wildman–Crippen LogP) is -0.599. The van der Waals surface area contributed by atoms with Gasteiger partial charge >= 0.3 is 5.97 Å². The number of aliphatic hydroxyl groups is 1. The molecular formula is C23H34N4O8. The van der Waals surface area contributed by atoms with Crippen molar-refractivity contribution in [2.24, 2.45) is 5.92 Å². The van der Waals surface area contributed by atoms with Crippen molar-refractivity contribution in [1.29, 1.82) is 0 Å². The zero-order valence-corrected chi connectivity index (χ0v) is 20.4. The second-order valence-corrected chi connectivity index (χ2v) is 8.99. The number of aliphatic carboxylic acids is 1. The molecular weight excluding hydrogens is 460 g/mol. The Morgan fingerprint density at radius 1 is 1.20 bits per heavy atom. The van der Waals surface area contributed by atoms with Gasteiger partial charge in [0.25, 0.3) is 0 Å². The van der Waals surface area contributed by atoms with Gasteiger partial charge in [0.15, 0.2) is 11.5 Å². The maximum atomic E-state index is 13.3. The third-order valence-electron chi connectivity index (χ3n) is 6.10. The van der Waals surface area contributed by atoms with Gasteiger partial charge in [0, 0.05) is 0 Å². The number of aromatic hydroxyl groups is 1. The topological polar surface area (TPSA) is 186 Å². The van der Waals surface area contributed by atoms with Crippen LogP contribution in [0.15, 0.2) is 18.2 Å². The summed E-state index contributed by atoms with van der Waals surface area (Å²) in [7, 11) is 1.48. The third-order valence-corrected chi connectivity index (χ3v) is 6.10. The van der Waals surface area contributed by atoms with Crippen molar-refractivity contribution in [1.82, 2.24) is 21.3 Å². The molecule has 1 aliphatic rings. The molecule has 0 spiro atoms. The van der Waals surface area contributed by atoms with E-state index in [0.717, 1.165) is 0 Å². The first-order chi connectivity index (χ1) is 16.3. The molecule has 0 aromatic heterocycles. The number of benzene rings is 1. The molecule has 35 heavy (non-hydrogen) atoms. The Morgan fingerprint density at radius 2 is 1.86 bits per heavy atom. The number of carbonyl (C=O) groups is 4. The number of carboxylic acids is 1. The molecule has 0 unspecified atom stereocenters. The lowest BCUT2D eigenvalue weighted by Crippen LogP contribution is -2.65. The van der Waals surface area contributed by atoms with Crippen molar-refractivity contribution in [3.8, 4) is 11.5 Å². The van der Waals surface area contributed by atoms with Crippen LogP contribution in [-0.2, 0) is 19.2 Å². The van der Waals surface area contributed by atoms with Crippen LogP contribution in [0.5, 0.6) is 11.5 Å². The molecule has 194 valence electrons. The minimum absolute atomic E-state index is 0.0916. The van der Waals surface area contributed by atoms with Crippen LogP contribution in [0, 0.1) is 5.92 Å². The highest BCUT2D eigenvalue weighted by Crippen LogP contribution is 2.35. The molecule has 0 aliphatic carbocycles. The highest BCUT2D eigenvalue weighted by atomic mass is 16.5. The molecule has 5 atom stereocenters. The van der Waals surface area contributed by atoms with Crippen LogP contribution in [0.4, 0.5) is 0 Å². The maximum absolute atomic E-state index is 13.3. The van der Waals surface area contributed by atoms with Crippen LogP contribution in [0.25, 0.3) is 0 Å². The van der Waals surface area contributed by atoms with Crippen molar-refractivity contribution in [2.75, 3.05) is 13.6 Å². The van der Waals surface area contributed by atoms with Gasteiger partial charge in [-0.1, -0.05) is 26.8 Å². The number of hydrogen-bond donors (Lipinski definition) is 7. The van der Waals surface area contributed by atoms with E-state index in [2.05, 4.69) is 21.3 Å². The van der Waals surface area contributed by atoms with Gasteiger partial charge in [-0.15, -0.1) is 0 Å². The van der Waals surface area contributed by atoms with Crippen molar-refractivity contribution in [3.05, 3.63) is 23.8 Å². The van der Waals surface area contributed by atoms with Crippen LogP contribution in [0.3, 0.4) is 0 Å². The monoisotopic (exact) mass is 494 g/mol. The Balaban J connectivity index is 2.67. The van der Waals surface area contributed by atoms with E-state index in [1.807, 2.05) is 0 Å². The number of phenolic OH excluding ortho intramolecular Hbond substituents is 1. The summed E-state index contributed by atoms with van der Waals surface area (Å²) in [6.07, 6.45) is -1.20. The van der Waals surface area contributed by atoms with Crippen molar-refractivity contribution in [2.45, 2.75) is 63.9 Å². The SMILES string of the molecule is CC[C@@]1(C)Oc2cc(ccc2O)[C@H](O)[C@@H](NC)C(=O)N[C@@H](C(C)C)C(=O)N[C@@H]1C(=O)NCC(=O)O. The molecule has 1 aromatic carbocycles. The quantitative estimate of drug-likeness (QED) is 0.271. The first-order valence-corrected chi connectivity index (χ1v) is 11.3. The summed E-state index contributed by atoms with van der Waals surface area (Å²) in [5.41, 5.74) is -1.21. The number of aliphatic hydroxyl groups excluding tert-OH is 1. The largest absolute Gasteiger partial charge is 0.504 e. The number of amides is 3. The average molecular weight is 495 g/mol. The van der Waals surface area contributed by atoms with E-state index in [-0.39, 0.29) is 23.5 Å². The van der Waals surface area contributed by atoms with Gasteiger partial charge in [0.05, 0.1) is 0 Å². The van der Waals surface area contributed by atoms with Crippen LogP contribution >= 0.6 is 0 Å². The molecule has 0 saturated carbocycles. The second kappa shape index (κ2) is 11.4. The lowest BCUT2D eigenvalue weighted by Gasteiger charge is -2.37. The molecule has 2 rings (SSSR count). The van der Waals surface area contributed by atoms with Crippen LogP contribution in [0.1, 0.15) is 45.8 Å². The fourth-order valence-corrected chi connectivity index (χ4v) is 3.78. The first kappa shape index (κ1) is 27.9. The summed E-state index contributed by atoms with van der Waals surface area (Å²) in [4.78, 5) is 50.4. The van der Waals surface area contributed by atoms with Crippen molar-refractivity contribution < 1.29 is 39.2 Å². The Kier molecular flexibility index (Phi) is 9.05. The Labute approximate surface area is 203 Å². The fraction of sp³-hybridized carbons (Fsp3) is 0.565. The van der Waals surface area contributed by atoms with Gasteiger partial charge < -0.3 is 41.3 Å². The van der Waals surface area contributed by atoms with Crippen molar-refractivity contribution >= 4 is 23.7 Å². The van der Waals surface area contributed by atoms with Gasteiger partial charge in [0.1, 0.15) is 36.4 Å². The van der Waals surface area contributed by atoms with Crippen LogP contribution < -0.4 is 26.0 Å². The standard InChI is InChI=1S/C23H34N4O8/c1-6-23(4)19(22(34)25-10-15(29)30)27-20(32)16(11(2)3)26-21(33)17(24-5)18(31)12-7-8-13(28)14(9-12)35-23/h7-9,11,16-19,24,28,31H,6,10H2,1-5H3,(H,25,34)(H,26,33)(H,27,32)(H,29,30)/t16-,17+,18-,19+,23+/m0/s1. The van der Waals surface area contributed by atoms with E-state index >= 15 is 0 Å². The van der Waals surface area contributed by atoms with Crippen LogP contribution in [-0.4, -0.2) is 76.3 Å². The Hall–Kier alpha value is -3.38. The summed E-state index contributed by atoms with van der Waals surface area (Å²) in [5, 5.41) is 40.5. The normalized spacial score (nSPS) is 27.4. The van der Waals surface area contributed by atoms with E-state index in [1.165, 1.54) is 32.2 Å². The van der Waals surface area contributed by atoms with E-state index in [0.29, 0.717) is 0 Å². The zero-order chi connectivity index (χ0) is 26.5. The molecule has 12 nitrogen and oxygen atoms in total. The molecule has 1 heterocycles. The number of fused-ring (bicyclic) bond motifs is 2. The van der Waals surface area contributed by atoms with Gasteiger partial charge in [-0.25, -0.2) is 0 Å². The Morgan fingerprint density at radius 3 is 2.40 bits per heavy atom. The van der Waals surface area contributed by atoms with E-state index in [4.69, 9.17) is 9.84 Å². The molecule has 7 N–H and O–H groups in total. The van der Waals surface area contributed by atoms with Gasteiger partial charge in [-0.05, 0) is 44.0 Å². The lowest BCUT2D eigenvalue weighted by atomic mass is 9.91. The number of carbonyl (C=O) groups excluding carboxylic acids is 3. The molecule has 1 aromatic rings. The molecule has 3 amide bonds. The molecule has 12 heteroatoms. The van der Waals surface area contributed by atoms with E-state index in [1.54, 1.807) is 20.8 Å². The minimum Gasteiger partial charge on any atom is -0.504 e. The van der Waals surface area contributed by atoms with Gasteiger partial charge in [-0.2, -0.15) is 0 Å². The molecule has 2 bridgehead atoms. The number of phenols is 1. The second-order valence-electron chi connectivity index (χ2n) is 8.99. The Bertz CT molecular complexity index is 969. The number of likely N-dealkylation sites (N-methyl/N-ethyl adjacent to an activating group) is 1. The predicted molar refractivity (Wildman–Crippen MR) is 125 cm³/mol. The summed E-state index contributed by atoms with van der Waals surface area (Å²) in [5.74, 6) is -4.25. The molecule has 0 saturated heterocycles. The number of ether oxygens (including phenoxy) is 1. The molecule has 1 aliphatic heterocycles. The number of nitrogens with one attached hydrogen (secondary N) is 4. The van der Waals surface area contributed by atoms with Crippen LogP contribution in [0.2, 0.25) is 0 Å². The average Bonchev–Trinajstić information content (AvgIpc) is 2.80. The highest BCUT2D eigenvalue weighted by Gasteiger charge is 2.44. The summed E-state index contributed by atoms with van der Waals surface area (Å²) >= 11 is 0. The first-order valence-electron chi connectivity index (χ1n) is 11.3. The molecule has 0 radical (unpaired) electrons. The number of carboxylic acid groups (broad SMARTS) is 1. The minimum atomic E-state index is -1.46. The van der Waals surface area contributed by atoms with Gasteiger partial charge in [0.2, 0.25) is 17.7 Å².